The fourth-order valence-electron chi connectivity index (χ4n) is 2.29. The summed E-state index contributed by atoms with van der Waals surface area (Å²) in [5, 5.41) is 0. The van der Waals surface area contributed by atoms with E-state index < -0.39 is 0 Å². The lowest BCUT2D eigenvalue weighted by Crippen LogP contribution is -1.97. The smallest absolute Gasteiger partial charge is 0.126 e. The molecule has 0 aliphatic heterocycles. The highest BCUT2D eigenvalue weighted by Crippen LogP contribution is 2.23. The maximum absolute atomic E-state index is 5.61. The van der Waals surface area contributed by atoms with Gasteiger partial charge in [-0.25, -0.2) is 4.98 Å². The van der Waals surface area contributed by atoms with E-state index in [9.17, 15) is 0 Å². The van der Waals surface area contributed by atoms with Crippen molar-refractivity contribution in [1.82, 2.24) is 15.0 Å². The van der Waals surface area contributed by atoms with Crippen LogP contribution in [0.2, 0.25) is 0 Å². The predicted octanol–water partition coefficient (Wildman–Crippen LogP) is 8.23. The van der Waals surface area contributed by atoms with Gasteiger partial charge in [-0.15, -0.1) is 11.3 Å². The minimum atomic E-state index is 0.466. The normalized spacial score (nSPS) is 10.2. The maximum atomic E-state index is 5.61. The molecule has 3 rings (SSSR count). The third-order valence-corrected chi connectivity index (χ3v) is 5.30. The second-order valence-electron chi connectivity index (χ2n) is 9.25. The van der Waals surface area contributed by atoms with E-state index in [1.54, 1.807) is 24.8 Å². The van der Waals surface area contributed by atoms with Crippen LogP contribution in [0, 0.1) is 12.8 Å². The second kappa shape index (κ2) is 16.4. The van der Waals surface area contributed by atoms with Crippen molar-refractivity contribution < 1.29 is 0 Å². The summed E-state index contributed by atoms with van der Waals surface area (Å²) < 4.78 is 0. The van der Waals surface area contributed by atoms with Crippen LogP contribution >= 0.6 is 11.3 Å². The summed E-state index contributed by atoms with van der Waals surface area (Å²) >= 11 is 1.90. The van der Waals surface area contributed by atoms with E-state index in [0.717, 1.165) is 17.2 Å². The van der Waals surface area contributed by atoms with Gasteiger partial charge in [0.1, 0.15) is 5.82 Å². The summed E-state index contributed by atoms with van der Waals surface area (Å²) in [5.41, 5.74) is 7.79. The highest BCUT2D eigenvalue weighted by Gasteiger charge is 2.02. The first-order valence-electron chi connectivity index (χ1n) is 11.5. The topological polar surface area (TPSA) is 64.7 Å². The first kappa shape index (κ1) is 29.7. The Labute approximate surface area is 200 Å². The Bertz CT molecular complexity index is 837. The number of pyridine rings is 1. The standard InChI is InChI=1S/C8H12N2.C8H12S.C7H10N2.C4H10/c1-6(2)7-4-3-5-10-8(7)9;1-6(2)8-5-4-7(3)9-8;1-6(2)7-5-8-3-4-9-7;1-4(2)3/h3-6H,1-2H3,(H2,9,10);4-6H,1-3H3;3-6H,1-2H3;4H,1-3H3. The van der Waals surface area contributed by atoms with Gasteiger partial charge in [0, 0.05) is 34.5 Å². The molecule has 0 spiro atoms. The molecule has 5 heteroatoms. The van der Waals surface area contributed by atoms with Crippen LogP contribution in [-0.2, 0) is 0 Å². The van der Waals surface area contributed by atoms with Gasteiger partial charge in [-0.2, -0.15) is 0 Å². The Hall–Kier alpha value is -2.27. The van der Waals surface area contributed by atoms with Gasteiger partial charge >= 0.3 is 0 Å². The summed E-state index contributed by atoms with van der Waals surface area (Å²) in [6, 6.07) is 8.31. The van der Waals surface area contributed by atoms with E-state index in [1.807, 2.05) is 23.5 Å². The van der Waals surface area contributed by atoms with Gasteiger partial charge < -0.3 is 5.73 Å². The van der Waals surface area contributed by atoms with Crippen LogP contribution in [0.4, 0.5) is 5.82 Å². The molecular weight excluding hydrogens is 412 g/mol. The van der Waals surface area contributed by atoms with Gasteiger partial charge in [0.25, 0.3) is 0 Å². The zero-order chi connectivity index (χ0) is 24.7. The van der Waals surface area contributed by atoms with E-state index in [4.69, 9.17) is 5.73 Å². The molecule has 0 amide bonds. The van der Waals surface area contributed by atoms with Gasteiger partial charge in [-0.3, -0.25) is 9.97 Å². The molecule has 2 N–H and O–H groups in total. The third-order valence-electron chi connectivity index (χ3n) is 4.00. The Balaban J connectivity index is 0.000000417. The summed E-state index contributed by atoms with van der Waals surface area (Å²) in [6.45, 7) is 21.5. The van der Waals surface area contributed by atoms with Crippen molar-refractivity contribution in [3.8, 4) is 0 Å². The maximum Gasteiger partial charge on any atom is 0.126 e. The zero-order valence-corrected chi connectivity index (χ0v) is 22.6. The van der Waals surface area contributed by atoms with Gasteiger partial charge in [-0.1, -0.05) is 68.4 Å². The van der Waals surface area contributed by atoms with E-state index in [-0.39, 0.29) is 0 Å². The summed E-state index contributed by atoms with van der Waals surface area (Å²) in [7, 11) is 0. The van der Waals surface area contributed by atoms with Gasteiger partial charge in [0.2, 0.25) is 0 Å². The molecule has 0 unspecified atom stereocenters. The molecule has 0 aliphatic rings. The van der Waals surface area contributed by atoms with Gasteiger partial charge in [-0.05, 0) is 54.4 Å². The number of nitrogens with two attached hydrogens (primary N) is 1. The van der Waals surface area contributed by atoms with Crippen molar-refractivity contribution in [1.29, 1.82) is 0 Å². The van der Waals surface area contributed by atoms with Crippen LogP contribution in [0.3, 0.4) is 0 Å². The molecular formula is C27H44N4S. The highest BCUT2D eigenvalue weighted by molar-refractivity contribution is 7.12. The number of hydrogen-bond donors (Lipinski definition) is 1. The van der Waals surface area contributed by atoms with Crippen LogP contribution in [0.15, 0.2) is 49.1 Å². The van der Waals surface area contributed by atoms with Crippen LogP contribution in [0.25, 0.3) is 0 Å². The molecule has 0 atom stereocenters. The number of nitrogens with zero attached hydrogens (tertiary/aromatic N) is 3. The average molecular weight is 457 g/mol. The molecule has 3 aromatic heterocycles. The van der Waals surface area contributed by atoms with Crippen LogP contribution in [0.5, 0.6) is 0 Å². The number of aromatic nitrogens is 3. The highest BCUT2D eigenvalue weighted by atomic mass is 32.1. The Morgan fingerprint density at radius 1 is 0.750 bits per heavy atom. The molecule has 0 aromatic carbocycles. The van der Waals surface area contributed by atoms with Crippen molar-refractivity contribution >= 4 is 17.2 Å². The largest absolute Gasteiger partial charge is 0.383 e. The summed E-state index contributed by atoms with van der Waals surface area (Å²) in [5.74, 6) is 3.13. The molecule has 178 valence electrons. The van der Waals surface area contributed by atoms with Crippen molar-refractivity contribution in [2.24, 2.45) is 5.92 Å². The molecule has 3 aromatic rings. The summed E-state index contributed by atoms with van der Waals surface area (Å²) in [4.78, 5) is 14.9. The number of hydrogen-bond acceptors (Lipinski definition) is 5. The Kier molecular flexibility index (Phi) is 15.2. The lowest BCUT2D eigenvalue weighted by Gasteiger charge is -2.05. The zero-order valence-electron chi connectivity index (χ0n) is 21.8. The van der Waals surface area contributed by atoms with Crippen LogP contribution in [0.1, 0.15) is 101 Å². The van der Waals surface area contributed by atoms with Gasteiger partial charge in [0.05, 0.1) is 5.69 Å². The first-order valence-corrected chi connectivity index (χ1v) is 12.3. The molecule has 0 saturated carbocycles. The summed E-state index contributed by atoms with van der Waals surface area (Å²) in [6.07, 6.45) is 6.91. The Morgan fingerprint density at radius 3 is 1.66 bits per heavy atom. The van der Waals surface area contributed by atoms with Crippen molar-refractivity contribution in [3.05, 3.63) is 70.1 Å². The Morgan fingerprint density at radius 2 is 1.38 bits per heavy atom. The number of nitrogen functional groups attached to an aromatic ring is 1. The molecule has 0 bridgehead atoms. The van der Waals surface area contributed by atoms with Crippen molar-refractivity contribution in [2.75, 3.05) is 5.73 Å². The molecule has 0 aliphatic carbocycles. The number of aryl methyl sites for hydroxylation is 1. The third kappa shape index (κ3) is 13.9. The molecule has 32 heavy (non-hydrogen) atoms. The lowest BCUT2D eigenvalue weighted by atomic mass is 10.1. The molecule has 0 radical (unpaired) electrons. The van der Waals surface area contributed by atoms with E-state index in [0.29, 0.717) is 23.6 Å². The quantitative estimate of drug-likeness (QED) is 0.431. The first-order chi connectivity index (χ1) is 15.0. The molecule has 0 saturated heterocycles. The minimum Gasteiger partial charge on any atom is -0.383 e. The molecule has 0 fully saturated rings. The molecule has 3 heterocycles. The van der Waals surface area contributed by atoms with Crippen molar-refractivity contribution in [3.63, 3.8) is 0 Å². The lowest BCUT2D eigenvalue weighted by molar-refractivity contribution is 0.737. The SMILES string of the molecule is CC(C)C.CC(C)c1cccnc1N.CC(C)c1cnccn1.Cc1ccc(C(C)C)s1. The number of thiophene rings is 1. The van der Waals surface area contributed by atoms with Crippen LogP contribution in [-0.4, -0.2) is 15.0 Å². The van der Waals surface area contributed by atoms with E-state index in [1.165, 1.54) is 9.75 Å². The van der Waals surface area contributed by atoms with Crippen molar-refractivity contribution in [2.45, 2.75) is 87.0 Å². The monoisotopic (exact) mass is 456 g/mol. The number of rotatable bonds is 3. The average Bonchev–Trinajstić information content (AvgIpc) is 3.16. The fraction of sp³-hybridized carbons (Fsp3) is 0.519. The minimum absolute atomic E-state index is 0.466. The van der Waals surface area contributed by atoms with Crippen LogP contribution < -0.4 is 5.73 Å². The van der Waals surface area contributed by atoms with E-state index in [2.05, 4.69) is 96.3 Å². The van der Waals surface area contributed by atoms with E-state index >= 15 is 0 Å². The predicted molar refractivity (Wildman–Crippen MR) is 143 cm³/mol. The second-order valence-corrected chi connectivity index (χ2v) is 10.6. The fourth-order valence-corrected chi connectivity index (χ4v) is 3.17. The number of anilines is 1. The molecule has 4 nitrogen and oxygen atoms in total. The van der Waals surface area contributed by atoms with Gasteiger partial charge in [0.15, 0.2) is 0 Å².